The van der Waals surface area contributed by atoms with Gasteiger partial charge in [-0.1, -0.05) is 6.07 Å². The first-order chi connectivity index (χ1) is 10.3. The van der Waals surface area contributed by atoms with Crippen molar-refractivity contribution in [2.24, 2.45) is 0 Å². The highest BCUT2D eigenvalue weighted by molar-refractivity contribution is 5.44. The summed E-state index contributed by atoms with van der Waals surface area (Å²) in [5, 5.41) is 10.4. The average molecular weight is 293 g/mol. The summed E-state index contributed by atoms with van der Waals surface area (Å²) in [6.45, 7) is 5.73. The molecule has 0 saturated carbocycles. The predicted molar refractivity (Wildman–Crippen MR) is 78.9 cm³/mol. The van der Waals surface area contributed by atoms with Gasteiger partial charge < -0.3 is 19.3 Å². The second-order valence-electron chi connectivity index (χ2n) is 5.52. The lowest BCUT2D eigenvalue weighted by Gasteiger charge is -2.27. The number of aliphatic hydroxyl groups is 1. The molecule has 5 nitrogen and oxygen atoms in total. The fourth-order valence-electron chi connectivity index (χ4n) is 2.68. The minimum atomic E-state index is -0.468. The molecule has 1 aromatic carbocycles. The van der Waals surface area contributed by atoms with Crippen LogP contribution in [-0.4, -0.2) is 56.1 Å². The molecule has 116 valence electrons. The lowest BCUT2D eigenvalue weighted by atomic mass is 10.1. The molecule has 0 radical (unpaired) electrons. The van der Waals surface area contributed by atoms with Crippen LogP contribution in [0.5, 0.6) is 11.5 Å². The Labute approximate surface area is 125 Å². The Morgan fingerprint density at radius 1 is 1.05 bits per heavy atom. The minimum Gasteiger partial charge on any atom is -0.490 e. The molecule has 2 heterocycles. The fourth-order valence-corrected chi connectivity index (χ4v) is 2.68. The van der Waals surface area contributed by atoms with Gasteiger partial charge in [0, 0.05) is 26.1 Å². The molecule has 0 aliphatic carbocycles. The van der Waals surface area contributed by atoms with Crippen LogP contribution >= 0.6 is 0 Å². The SMILES string of the molecule is OC(CCN1CCOCC1)c1ccc2c(c1)OCCCO2. The van der Waals surface area contributed by atoms with Gasteiger partial charge >= 0.3 is 0 Å². The summed E-state index contributed by atoms with van der Waals surface area (Å²) in [6.07, 6.45) is 1.15. The first-order valence-corrected chi connectivity index (χ1v) is 7.70. The smallest absolute Gasteiger partial charge is 0.161 e. The van der Waals surface area contributed by atoms with E-state index >= 15 is 0 Å². The van der Waals surface area contributed by atoms with Crippen LogP contribution < -0.4 is 9.47 Å². The van der Waals surface area contributed by atoms with Crippen molar-refractivity contribution in [1.29, 1.82) is 0 Å². The Bertz CT molecular complexity index is 460. The summed E-state index contributed by atoms with van der Waals surface area (Å²) in [6, 6.07) is 5.73. The molecule has 1 atom stereocenters. The second kappa shape index (κ2) is 7.11. The van der Waals surface area contributed by atoms with E-state index in [1.165, 1.54) is 0 Å². The van der Waals surface area contributed by atoms with E-state index in [9.17, 15) is 5.11 Å². The number of rotatable bonds is 4. The Balaban J connectivity index is 1.58. The summed E-state index contributed by atoms with van der Waals surface area (Å²) in [7, 11) is 0. The molecular formula is C16H23NO4. The van der Waals surface area contributed by atoms with Crippen LogP contribution in [0.3, 0.4) is 0 Å². The van der Waals surface area contributed by atoms with Crippen molar-refractivity contribution >= 4 is 0 Å². The molecule has 1 unspecified atom stereocenters. The number of benzene rings is 1. The number of fused-ring (bicyclic) bond motifs is 1. The van der Waals surface area contributed by atoms with Crippen molar-refractivity contribution in [3.05, 3.63) is 23.8 Å². The van der Waals surface area contributed by atoms with Crippen LogP contribution in [-0.2, 0) is 4.74 Å². The number of aliphatic hydroxyl groups excluding tert-OH is 1. The van der Waals surface area contributed by atoms with Gasteiger partial charge in [-0.25, -0.2) is 0 Å². The van der Waals surface area contributed by atoms with E-state index in [0.29, 0.717) is 13.2 Å². The first kappa shape index (κ1) is 14.6. The standard InChI is InChI=1S/C16H23NO4/c18-14(4-5-17-6-10-19-11-7-17)13-2-3-15-16(12-13)21-9-1-8-20-15/h2-3,12,14,18H,1,4-11H2. The number of hydrogen-bond donors (Lipinski definition) is 1. The van der Waals surface area contributed by atoms with Crippen molar-refractivity contribution in [3.63, 3.8) is 0 Å². The van der Waals surface area contributed by atoms with Gasteiger partial charge in [0.1, 0.15) is 0 Å². The highest BCUT2D eigenvalue weighted by Gasteiger charge is 2.16. The van der Waals surface area contributed by atoms with Crippen LogP contribution in [0, 0.1) is 0 Å². The topological polar surface area (TPSA) is 51.2 Å². The van der Waals surface area contributed by atoms with E-state index in [4.69, 9.17) is 14.2 Å². The molecular weight excluding hydrogens is 270 g/mol. The van der Waals surface area contributed by atoms with Crippen molar-refractivity contribution in [1.82, 2.24) is 4.90 Å². The quantitative estimate of drug-likeness (QED) is 0.914. The number of morpholine rings is 1. The third-order valence-corrected chi connectivity index (χ3v) is 3.98. The highest BCUT2D eigenvalue weighted by Crippen LogP contribution is 2.33. The molecule has 1 saturated heterocycles. The Kier molecular flexibility index (Phi) is 4.95. The van der Waals surface area contributed by atoms with Crippen LogP contribution in [0.1, 0.15) is 24.5 Å². The van der Waals surface area contributed by atoms with Gasteiger partial charge in [0.2, 0.25) is 0 Å². The molecule has 0 amide bonds. The second-order valence-corrected chi connectivity index (χ2v) is 5.52. The zero-order chi connectivity index (χ0) is 14.5. The van der Waals surface area contributed by atoms with E-state index in [0.717, 1.165) is 62.8 Å². The molecule has 21 heavy (non-hydrogen) atoms. The largest absolute Gasteiger partial charge is 0.490 e. The van der Waals surface area contributed by atoms with Gasteiger partial charge in [-0.15, -0.1) is 0 Å². The molecule has 1 aromatic rings. The van der Waals surface area contributed by atoms with Gasteiger partial charge in [0.25, 0.3) is 0 Å². The van der Waals surface area contributed by atoms with Crippen molar-refractivity contribution in [2.45, 2.75) is 18.9 Å². The van der Waals surface area contributed by atoms with E-state index < -0.39 is 6.10 Å². The lowest BCUT2D eigenvalue weighted by Crippen LogP contribution is -2.37. The molecule has 0 spiro atoms. The maximum atomic E-state index is 10.4. The van der Waals surface area contributed by atoms with Gasteiger partial charge in [0.05, 0.1) is 32.5 Å². The number of hydrogen-bond acceptors (Lipinski definition) is 5. The number of nitrogens with zero attached hydrogens (tertiary/aromatic N) is 1. The van der Waals surface area contributed by atoms with Crippen molar-refractivity contribution in [2.75, 3.05) is 46.1 Å². The third-order valence-electron chi connectivity index (χ3n) is 3.98. The molecule has 1 N–H and O–H groups in total. The zero-order valence-electron chi connectivity index (χ0n) is 12.3. The predicted octanol–water partition coefficient (Wildman–Crippen LogP) is 1.60. The van der Waals surface area contributed by atoms with E-state index in [1.807, 2.05) is 18.2 Å². The molecule has 1 fully saturated rings. The Hall–Kier alpha value is -1.30. The van der Waals surface area contributed by atoms with Gasteiger partial charge in [-0.05, 0) is 24.1 Å². The van der Waals surface area contributed by atoms with Crippen LogP contribution in [0.4, 0.5) is 0 Å². The van der Waals surface area contributed by atoms with Crippen LogP contribution in [0.25, 0.3) is 0 Å². The molecule has 2 aliphatic rings. The average Bonchev–Trinajstić information content (AvgIpc) is 2.78. The highest BCUT2D eigenvalue weighted by atomic mass is 16.5. The normalized spacial score (nSPS) is 20.8. The summed E-state index contributed by atoms with van der Waals surface area (Å²) in [4.78, 5) is 2.33. The van der Waals surface area contributed by atoms with Gasteiger partial charge in [0.15, 0.2) is 11.5 Å². The van der Waals surface area contributed by atoms with Crippen LogP contribution in [0.15, 0.2) is 18.2 Å². The maximum Gasteiger partial charge on any atom is 0.161 e. The van der Waals surface area contributed by atoms with E-state index in [1.54, 1.807) is 0 Å². The Morgan fingerprint density at radius 2 is 1.81 bits per heavy atom. The van der Waals surface area contributed by atoms with E-state index in [2.05, 4.69) is 4.90 Å². The monoisotopic (exact) mass is 293 g/mol. The molecule has 0 bridgehead atoms. The summed E-state index contributed by atoms with van der Waals surface area (Å²) in [5.74, 6) is 1.52. The zero-order valence-corrected chi connectivity index (χ0v) is 12.3. The Morgan fingerprint density at radius 3 is 2.62 bits per heavy atom. The van der Waals surface area contributed by atoms with Crippen molar-refractivity contribution in [3.8, 4) is 11.5 Å². The fraction of sp³-hybridized carbons (Fsp3) is 0.625. The molecule has 0 aromatic heterocycles. The van der Waals surface area contributed by atoms with Gasteiger partial charge in [-0.2, -0.15) is 0 Å². The lowest BCUT2D eigenvalue weighted by molar-refractivity contribution is 0.0300. The summed E-state index contributed by atoms with van der Waals surface area (Å²) >= 11 is 0. The van der Waals surface area contributed by atoms with Crippen molar-refractivity contribution < 1.29 is 19.3 Å². The maximum absolute atomic E-state index is 10.4. The minimum absolute atomic E-state index is 0.468. The van der Waals surface area contributed by atoms with E-state index in [-0.39, 0.29) is 0 Å². The molecule has 5 heteroatoms. The summed E-state index contributed by atoms with van der Waals surface area (Å²) in [5.41, 5.74) is 0.896. The number of ether oxygens (including phenoxy) is 3. The van der Waals surface area contributed by atoms with Crippen LogP contribution in [0.2, 0.25) is 0 Å². The molecule has 2 aliphatic heterocycles. The molecule has 3 rings (SSSR count). The summed E-state index contributed by atoms with van der Waals surface area (Å²) < 4.78 is 16.6. The third kappa shape index (κ3) is 3.87. The first-order valence-electron chi connectivity index (χ1n) is 7.70. The van der Waals surface area contributed by atoms with Gasteiger partial charge in [-0.3, -0.25) is 4.90 Å².